The molecular weight excluding hydrogens is 659 g/mol. The summed E-state index contributed by atoms with van der Waals surface area (Å²) < 4.78 is 12.2. The smallest absolute Gasteiger partial charge is 0.271 e. The van der Waals surface area contributed by atoms with Crippen molar-refractivity contribution in [3.05, 3.63) is 122 Å². The van der Waals surface area contributed by atoms with Crippen LogP contribution in [0.1, 0.15) is 21.5 Å². The SMILES string of the molecule is COc1cc(/C=N\NC(=O)c2ccc(-c3csc(Nc4ccc(Cl)cc4)n3)cc2)cc(Br)c1OCc1cccc(Cl)c1. The molecule has 2 N–H and O–H groups in total. The zero-order chi connectivity index (χ0) is 29.5. The first-order chi connectivity index (χ1) is 20.4. The van der Waals surface area contributed by atoms with E-state index >= 15 is 0 Å². The lowest BCUT2D eigenvalue weighted by Crippen LogP contribution is -2.17. The van der Waals surface area contributed by atoms with Crippen molar-refractivity contribution in [1.29, 1.82) is 0 Å². The number of aromatic nitrogens is 1. The maximum Gasteiger partial charge on any atom is 0.271 e. The number of nitrogens with zero attached hydrogens (tertiary/aromatic N) is 2. The molecule has 0 aliphatic heterocycles. The summed E-state index contributed by atoms with van der Waals surface area (Å²) >= 11 is 17.0. The lowest BCUT2D eigenvalue weighted by atomic mass is 10.1. The minimum atomic E-state index is -0.339. The second-order valence-electron chi connectivity index (χ2n) is 8.90. The molecule has 0 bridgehead atoms. The van der Waals surface area contributed by atoms with Gasteiger partial charge in [-0.05, 0) is 87.7 Å². The number of amides is 1. The van der Waals surface area contributed by atoms with E-state index in [0.717, 1.165) is 27.6 Å². The van der Waals surface area contributed by atoms with Crippen molar-refractivity contribution in [2.24, 2.45) is 5.10 Å². The van der Waals surface area contributed by atoms with Crippen LogP contribution < -0.4 is 20.2 Å². The van der Waals surface area contributed by atoms with E-state index in [2.05, 4.69) is 36.8 Å². The molecule has 212 valence electrons. The standard InChI is InChI=1S/C31H23BrCl2N4O3S/c1-40-28-15-20(14-26(32)29(28)41-17-19-3-2-4-24(34)13-19)16-35-38-30(39)22-7-5-21(6-8-22)27-18-42-31(37-27)36-25-11-9-23(33)10-12-25/h2-16,18H,17H2,1H3,(H,36,37)(H,38,39)/b35-16-. The number of ether oxygens (including phenoxy) is 2. The second-order valence-corrected chi connectivity index (χ2v) is 11.5. The highest BCUT2D eigenvalue weighted by atomic mass is 79.9. The summed E-state index contributed by atoms with van der Waals surface area (Å²) in [5.74, 6) is 0.726. The predicted octanol–water partition coefficient (Wildman–Crippen LogP) is 8.97. The van der Waals surface area contributed by atoms with Gasteiger partial charge in [0.15, 0.2) is 16.6 Å². The highest BCUT2D eigenvalue weighted by molar-refractivity contribution is 9.10. The van der Waals surface area contributed by atoms with Crippen LogP contribution in [-0.4, -0.2) is 24.2 Å². The molecule has 5 rings (SSSR count). The van der Waals surface area contributed by atoms with Crippen LogP contribution in [0.5, 0.6) is 11.5 Å². The molecule has 42 heavy (non-hydrogen) atoms. The molecule has 0 radical (unpaired) electrons. The van der Waals surface area contributed by atoms with Crippen LogP contribution in [0.3, 0.4) is 0 Å². The van der Waals surface area contributed by atoms with E-state index in [1.165, 1.54) is 17.6 Å². The minimum absolute atomic E-state index is 0.321. The van der Waals surface area contributed by atoms with E-state index < -0.39 is 0 Å². The molecule has 0 aliphatic carbocycles. The number of methoxy groups -OCH3 is 1. The topological polar surface area (TPSA) is 84.8 Å². The maximum atomic E-state index is 12.7. The van der Waals surface area contributed by atoms with Gasteiger partial charge in [-0.15, -0.1) is 11.3 Å². The van der Waals surface area contributed by atoms with Crippen LogP contribution >= 0.6 is 50.5 Å². The Morgan fingerprint density at radius 3 is 2.55 bits per heavy atom. The second kappa shape index (κ2) is 13.8. The number of anilines is 2. The average Bonchev–Trinajstić information content (AvgIpc) is 3.46. The number of rotatable bonds is 10. The molecule has 1 heterocycles. The Labute approximate surface area is 265 Å². The van der Waals surface area contributed by atoms with E-state index in [1.54, 1.807) is 25.3 Å². The van der Waals surface area contributed by atoms with Gasteiger partial charge in [0, 0.05) is 32.2 Å². The van der Waals surface area contributed by atoms with E-state index in [-0.39, 0.29) is 5.91 Å². The summed E-state index contributed by atoms with van der Waals surface area (Å²) in [5.41, 5.74) is 7.27. The van der Waals surface area contributed by atoms with Crippen molar-refractivity contribution < 1.29 is 14.3 Å². The van der Waals surface area contributed by atoms with Crippen LogP contribution in [0.15, 0.2) is 99.9 Å². The third kappa shape index (κ3) is 7.68. The van der Waals surface area contributed by atoms with Crippen LogP contribution in [0.4, 0.5) is 10.8 Å². The summed E-state index contributed by atoms with van der Waals surface area (Å²) in [5, 5.41) is 11.4. The van der Waals surface area contributed by atoms with Gasteiger partial charge in [-0.25, -0.2) is 10.4 Å². The van der Waals surface area contributed by atoms with Crippen LogP contribution in [0.2, 0.25) is 10.0 Å². The zero-order valence-corrected chi connectivity index (χ0v) is 26.0. The van der Waals surface area contributed by atoms with Crippen LogP contribution in [-0.2, 0) is 6.61 Å². The number of nitrogens with one attached hydrogen (secondary N) is 2. The van der Waals surface area contributed by atoms with E-state index in [4.69, 9.17) is 32.7 Å². The zero-order valence-electron chi connectivity index (χ0n) is 22.1. The first-order valence-corrected chi connectivity index (χ1v) is 15.0. The fourth-order valence-electron chi connectivity index (χ4n) is 3.88. The Kier molecular flexibility index (Phi) is 9.76. The van der Waals surface area contributed by atoms with E-state index in [1.807, 2.05) is 72.1 Å². The fourth-order valence-corrected chi connectivity index (χ4v) is 5.53. The van der Waals surface area contributed by atoms with Crippen molar-refractivity contribution in [3.63, 3.8) is 0 Å². The van der Waals surface area contributed by atoms with Crippen LogP contribution in [0, 0.1) is 0 Å². The first-order valence-electron chi connectivity index (χ1n) is 12.5. The van der Waals surface area contributed by atoms with Gasteiger partial charge >= 0.3 is 0 Å². The Balaban J connectivity index is 1.18. The Bertz CT molecular complexity index is 1730. The molecule has 0 spiro atoms. The molecule has 5 aromatic rings. The Morgan fingerprint density at radius 1 is 1.02 bits per heavy atom. The van der Waals surface area contributed by atoms with Crippen molar-refractivity contribution in [2.75, 3.05) is 12.4 Å². The number of benzene rings is 4. The molecule has 0 unspecified atom stereocenters. The number of hydrogen-bond acceptors (Lipinski definition) is 7. The van der Waals surface area contributed by atoms with Crippen LogP contribution in [0.25, 0.3) is 11.3 Å². The predicted molar refractivity (Wildman–Crippen MR) is 174 cm³/mol. The largest absolute Gasteiger partial charge is 0.493 e. The highest BCUT2D eigenvalue weighted by Gasteiger charge is 2.12. The van der Waals surface area contributed by atoms with Crippen molar-refractivity contribution >= 4 is 73.4 Å². The number of hydrogen-bond donors (Lipinski definition) is 2. The monoisotopic (exact) mass is 680 g/mol. The Morgan fingerprint density at radius 2 is 1.81 bits per heavy atom. The lowest BCUT2D eigenvalue weighted by Gasteiger charge is -2.13. The molecule has 0 atom stereocenters. The third-order valence-electron chi connectivity index (χ3n) is 5.95. The molecule has 0 saturated heterocycles. The van der Waals surface area contributed by atoms with Gasteiger partial charge in [0.05, 0.1) is 23.5 Å². The van der Waals surface area contributed by atoms with Crippen molar-refractivity contribution in [1.82, 2.24) is 10.4 Å². The van der Waals surface area contributed by atoms with E-state index in [9.17, 15) is 4.79 Å². The molecule has 7 nitrogen and oxygen atoms in total. The van der Waals surface area contributed by atoms with Crippen molar-refractivity contribution in [3.8, 4) is 22.8 Å². The third-order valence-corrected chi connectivity index (χ3v) is 7.78. The molecule has 11 heteroatoms. The summed E-state index contributed by atoms with van der Waals surface area (Å²) in [6.45, 7) is 0.321. The Hall–Kier alpha value is -3.89. The molecule has 1 amide bonds. The summed E-state index contributed by atoms with van der Waals surface area (Å²) in [7, 11) is 1.56. The number of carbonyl (C=O) groups excluding carboxylic acids is 1. The van der Waals surface area contributed by atoms with Gasteiger partial charge in [-0.1, -0.05) is 47.5 Å². The van der Waals surface area contributed by atoms with Gasteiger partial charge in [0.2, 0.25) is 0 Å². The lowest BCUT2D eigenvalue weighted by molar-refractivity contribution is 0.0955. The molecule has 0 saturated carbocycles. The van der Waals surface area contributed by atoms with E-state index in [0.29, 0.717) is 43.8 Å². The summed E-state index contributed by atoms with van der Waals surface area (Å²) in [6, 6.07) is 25.6. The molecule has 0 fully saturated rings. The number of hydrazone groups is 1. The molecule has 0 aliphatic rings. The number of halogens is 3. The van der Waals surface area contributed by atoms with Gasteiger partial charge in [-0.3, -0.25) is 4.79 Å². The normalized spacial score (nSPS) is 11.0. The molecule has 1 aromatic heterocycles. The summed E-state index contributed by atoms with van der Waals surface area (Å²) in [4.78, 5) is 17.3. The van der Waals surface area contributed by atoms with Gasteiger partial charge in [0.25, 0.3) is 5.91 Å². The number of thiazole rings is 1. The maximum absolute atomic E-state index is 12.7. The van der Waals surface area contributed by atoms with Crippen molar-refractivity contribution in [2.45, 2.75) is 6.61 Å². The van der Waals surface area contributed by atoms with Gasteiger partial charge in [-0.2, -0.15) is 5.10 Å². The average molecular weight is 682 g/mol. The highest BCUT2D eigenvalue weighted by Crippen LogP contribution is 2.37. The quantitative estimate of drug-likeness (QED) is 0.114. The van der Waals surface area contributed by atoms with Gasteiger partial charge in [0.1, 0.15) is 6.61 Å². The summed E-state index contributed by atoms with van der Waals surface area (Å²) in [6.07, 6.45) is 1.53. The molecule has 4 aromatic carbocycles. The van der Waals surface area contributed by atoms with Gasteiger partial charge < -0.3 is 14.8 Å². The first kappa shape index (κ1) is 29.6. The minimum Gasteiger partial charge on any atom is -0.493 e. The number of carbonyl (C=O) groups is 1. The molecular formula is C31H23BrCl2N4O3S. The fraction of sp³-hybridized carbons (Fsp3) is 0.0645.